The normalized spacial score (nSPS) is 11.0. The van der Waals surface area contributed by atoms with E-state index in [9.17, 15) is 13.2 Å². The van der Waals surface area contributed by atoms with Crippen LogP contribution in [-0.2, 0) is 16.4 Å². The molecule has 1 N–H and O–H groups in total. The number of para-hydroxylation sites is 1. The molecule has 5 nitrogen and oxygen atoms in total. The number of hydrogen-bond donors (Lipinski definition) is 1. The zero-order valence-electron chi connectivity index (χ0n) is 16.9. The van der Waals surface area contributed by atoms with Crippen molar-refractivity contribution in [1.29, 1.82) is 0 Å². The van der Waals surface area contributed by atoms with Crippen molar-refractivity contribution in [2.75, 3.05) is 17.4 Å². The molecular formula is C24H23ClN2O3S. The van der Waals surface area contributed by atoms with E-state index in [4.69, 9.17) is 11.6 Å². The number of carbonyl (C=O) groups is 1. The van der Waals surface area contributed by atoms with Crippen molar-refractivity contribution in [3.63, 3.8) is 0 Å². The van der Waals surface area contributed by atoms with Gasteiger partial charge in [-0.15, -0.1) is 6.58 Å². The Bertz CT molecular complexity index is 1160. The second kappa shape index (κ2) is 10.3. The topological polar surface area (TPSA) is 66.5 Å². The number of halogens is 1. The molecule has 0 aliphatic carbocycles. The number of nitrogens with zero attached hydrogens (tertiary/aromatic N) is 1. The third-order valence-corrected chi connectivity index (χ3v) is 6.74. The van der Waals surface area contributed by atoms with Crippen LogP contribution >= 0.6 is 11.6 Å². The van der Waals surface area contributed by atoms with E-state index in [0.29, 0.717) is 23.7 Å². The number of hydrogen-bond acceptors (Lipinski definition) is 3. The first-order chi connectivity index (χ1) is 14.9. The molecule has 7 heteroatoms. The fraction of sp³-hybridized carbons (Fsp3) is 0.125. The van der Waals surface area contributed by atoms with Crippen LogP contribution in [0.1, 0.15) is 15.9 Å². The van der Waals surface area contributed by atoms with E-state index in [0.717, 1.165) is 5.56 Å². The van der Waals surface area contributed by atoms with Gasteiger partial charge in [-0.05, 0) is 42.3 Å². The molecule has 0 spiro atoms. The lowest BCUT2D eigenvalue weighted by atomic mass is 10.1. The third-order valence-electron chi connectivity index (χ3n) is 4.64. The van der Waals surface area contributed by atoms with Gasteiger partial charge in [-0.3, -0.25) is 9.10 Å². The van der Waals surface area contributed by atoms with E-state index < -0.39 is 10.0 Å². The van der Waals surface area contributed by atoms with Gasteiger partial charge in [0.2, 0.25) is 0 Å². The van der Waals surface area contributed by atoms with E-state index in [2.05, 4.69) is 11.9 Å². The van der Waals surface area contributed by atoms with Gasteiger partial charge in [0, 0.05) is 12.1 Å². The SMILES string of the molecule is C=CCN(c1ccccc1Cl)S(=O)(=O)c1cccc(C(=O)NCCc2ccccc2)c1. The molecule has 0 saturated carbocycles. The minimum atomic E-state index is -3.96. The van der Waals surface area contributed by atoms with Crippen molar-refractivity contribution in [1.82, 2.24) is 5.32 Å². The highest BCUT2D eigenvalue weighted by molar-refractivity contribution is 7.92. The van der Waals surface area contributed by atoms with E-state index in [1.54, 1.807) is 36.4 Å². The molecule has 0 aromatic heterocycles. The third kappa shape index (κ3) is 5.54. The van der Waals surface area contributed by atoms with Crippen LogP contribution in [0, 0.1) is 0 Å². The fourth-order valence-electron chi connectivity index (χ4n) is 3.09. The van der Waals surface area contributed by atoms with Gasteiger partial charge in [0.1, 0.15) is 0 Å². The molecular weight excluding hydrogens is 432 g/mol. The first-order valence-corrected chi connectivity index (χ1v) is 11.6. The highest BCUT2D eigenvalue weighted by atomic mass is 35.5. The summed E-state index contributed by atoms with van der Waals surface area (Å²) >= 11 is 6.23. The van der Waals surface area contributed by atoms with E-state index in [1.807, 2.05) is 30.3 Å². The van der Waals surface area contributed by atoms with E-state index in [1.165, 1.54) is 22.5 Å². The zero-order chi connectivity index (χ0) is 22.3. The second-order valence-corrected chi connectivity index (χ2v) is 9.07. The Balaban J connectivity index is 1.80. The Morgan fingerprint density at radius 1 is 1.00 bits per heavy atom. The Morgan fingerprint density at radius 3 is 2.42 bits per heavy atom. The van der Waals surface area contributed by atoms with Crippen LogP contribution in [0.4, 0.5) is 5.69 Å². The molecule has 0 unspecified atom stereocenters. The summed E-state index contributed by atoms with van der Waals surface area (Å²) in [5, 5.41) is 3.14. The number of rotatable bonds is 9. The number of sulfonamides is 1. The van der Waals surface area contributed by atoms with Crippen molar-refractivity contribution < 1.29 is 13.2 Å². The number of nitrogens with one attached hydrogen (secondary N) is 1. The highest BCUT2D eigenvalue weighted by Crippen LogP contribution is 2.30. The minimum Gasteiger partial charge on any atom is -0.352 e. The van der Waals surface area contributed by atoms with Crippen molar-refractivity contribution in [2.45, 2.75) is 11.3 Å². The number of benzene rings is 3. The Labute approximate surface area is 188 Å². The predicted molar refractivity (Wildman–Crippen MR) is 125 cm³/mol. The minimum absolute atomic E-state index is 0.00461. The predicted octanol–water partition coefficient (Wildman–Crippen LogP) is 4.69. The average Bonchev–Trinajstić information content (AvgIpc) is 2.79. The lowest BCUT2D eigenvalue weighted by Gasteiger charge is -2.24. The molecule has 0 heterocycles. The first-order valence-electron chi connectivity index (χ1n) is 9.74. The molecule has 0 atom stereocenters. The molecule has 0 radical (unpaired) electrons. The summed E-state index contributed by atoms with van der Waals surface area (Å²) < 4.78 is 27.8. The molecule has 0 fully saturated rings. The molecule has 0 bridgehead atoms. The quantitative estimate of drug-likeness (QED) is 0.477. The van der Waals surface area contributed by atoms with Gasteiger partial charge >= 0.3 is 0 Å². The Kier molecular flexibility index (Phi) is 7.50. The average molecular weight is 455 g/mol. The standard InChI is InChI=1S/C24H23ClN2O3S/c1-2-17-27(23-14-7-6-13-22(23)25)31(29,30)21-12-8-11-20(18-21)24(28)26-16-15-19-9-4-3-5-10-19/h2-14,18H,1,15-17H2,(H,26,28). The molecule has 0 aliphatic heterocycles. The molecule has 1 amide bonds. The van der Waals surface area contributed by atoms with Gasteiger partial charge in [-0.1, -0.05) is 66.2 Å². The highest BCUT2D eigenvalue weighted by Gasteiger charge is 2.26. The maximum Gasteiger partial charge on any atom is 0.264 e. The summed E-state index contributed by atoms with van der Waals surface area (Å²) in [6, 6.07) is 22.5. The molecule has 3 aromatic carbocycles. The monoisotopic (exact) mass is 454 g/mol. The lowest BCUT2D eigenvalue weighted by Crippen LogP contribution is -2.32. The summed E-state index contributed by atoms with van der Waals surface area (Å²) in [6.07, 6.45) is 2.17. The number of anilines is 1. The van der Waals surface area contributed by atoms with Crippen molar-refractivity contribution >= 4 is 33.2 Å². The van der Waals surface area contributed by atoms with Gasteiger partial charge in [0.15, 0.2) is 0 Å². The molecule has 3 aromatic rings. The first kappa shape index (κ1) is 22.6. The van der Waals surface area contributed by atoms with Crippen LogP contribution in [0.2, 0.25) is 5.02 Å². The number of amides is 1. The maximum absolute atomic E-state index is 13.3. The van der Waals surface area contributed by atoms with Gasteiger partial charge in [0.05, 0.1) is 22.2 Å². The van der Waals surface area contributed by atoms with Gasteiger partial charge < -0.3 is 5.32 Å². The molecule has 160 valence electrons. The summed E-state index contributed by atoms with van der Waals surface area (Å²) in [7, 11) is -3.96. The molecule has 3 rings (SSSR count). The summed E-state index contributed by atoms with van der Waals surface area (Å²) in [5.74, 6) is -0.332. The fourth-order valence-corrected chi connectivity index (χ4v) is 4.88. The van der Waals surface area contributed by atoms with Crippen LogP contribution in [0.5, 0.6) is 0 Å². The van der Waals surface area contributed by atoms with Gasteiger partial charge in [0.25, 0.3) is 15.9 Å². The maximum atomic E-state index is 13.3. The van der Waals surface area contributed by atoms with Crippen LogP contribution in [0.15, 0.2) is 96.4 Å². The number of carbonyl (C=O) groups excluding carboxylic acids is 1. The van der Waals surface area contributed by atoms with Crippen molar-refractivity contribution in [2.24, 2.45) is 0 Å². The summed E-state index contributed by atoms with van der Waals surface area (Å²) in [6.45, 7) is 4.14. The lowest BCUT2D eigenvalue weighted by molar-refractivity contribution is 0.0954. The molecule has 0 saturated heterocycles. The van der Waals surface area contributed by atoms with Crippen molar-refractivity contribution in [3.8, 4) is 0 Å². The van der Waals surface area contributed by atoms with Crippen LogP contribution in [0.25, 0.3) is 0 Å². The zero-order valence-corrected chi connectivity index (χ0v) is 18.4. The van der Waals surface area contributed by atoms with Crippen molar-refractivity contribution in [3.05, 3.63) is 108 Å². The molecule has 0 aliphatic rings. The Morgan fingerprint density at radius 2 is 1.71 bits per heavy atom. The van der Waals surface area contributed by atoms with Crippen LogP contribution < -0.4 is 9.62 Å². The van der Waals surface area contributed by atoms with Gasteiger partial charge in [-0.25, -0.2) is 8.42 Å². The molecule has 31 heavy (non-hydrogen) atoms. The van der Waals surface area contributed by atoms with E-state index >= 15 is 0 Å². The van der Waals surface area contributed by atoms with Gasteiger partial charge in [-0.2, -0.15) is 0 Å². The van der Waals surface area contributed by atoms with Crippen LogP contribution in [0.3, 0.4) is 0 Å². The Hall–Kier alpha value is -3.09. The smallest absolute Gasteiger partial charge is 0.264 e. The summed E-state index contributed by atoms with van der Waals surface area (Å²) in [5.41, 5.74) is 1.73. The van der Waals surface area contributed by atoms with Crippen LogP contribution in [-0.4, -0.2) is 27.4 Å². The van der Waals surface area contributed by atoms with E-state index in [-0.39, 0.29) is 22.9 Å². The second-order valence-electron chi connectivity index (χ2n) is 6.80. The largest absolute Gasteiger partial charge is 0.352 e. The summed E-state index contributed by atoms with van der Waals surface area (Å²) in [4.78, 5) is 12.6.